The summed E-state index contributed by atoms with van der Waals surface area (Å²) in [5, 5.41) is 28.0. The highest BCUT2D eigenvalue weighted by Gasteiger charge is 2.56. The number of β-amino-alcohol motifs (C(OH)–C–C–N with tert-alkyl or cyclic N) is 1. The molecule has 3 fully saturated rings. The topological polar surface area (TPSA) is 101 Å². The normalized spacial score (nSPS) is 31.2. The van der Waals surface area contributed by atoms with Crippen LogP contribution in [0, 0.1) is 29.1 Å². The summed E-state index contributed by atoms with van der Waals surface area (Å²) in [6, 6.07) is 2.10. The highest BCUT2D eigenvalue weighted by Crippen LogP contribution is 2.54. The standard InChI is InChI=1S/C18H19F3N4O3/c1-8-14(26)7-25(8)17-10(4-22)13(18(19,20)21)3-15(23-17)24-5-11-9(2-16(27)28)12(11)6-24/h3,8-9,11-12,14,26H,2,5-7H2,1H3,(H,27,28)/t8-,9?,11?,12?,14+/m0/s1. The van der Waals surface area contributed by atoms with E-state index in [4.69, 9.17) is 5.11 Å². The molecule has 0 aromatic carbocycles. The maximum atomic E-state index is 13.6. The fourth-order valence-electron chi connectivity index (χ4n) is 4.43. The number of aliphatic hydroxyl groups is 1. The Bertz CT molecular complexity index is 857. The minimum atomic E-state index is -4.71. The molecular weight excluding hydrogens is 377 g/mol. The number of carboxylic acids is 1. The lowest BCUT2D eigenvalue weighted by Gasteiger charge is -2.45. The number of hydrogen-bond acceptors (Lipinski definition) is 6. The first-order chi connectivity index (χ1) is 13.1. The molecule has 10 heteroatoms. The van der Waals surface area contributed by atoms with Gasteiger partial charge in [-0.2, -0.15) is 18.4 Å². The molecular formula is C18H19F3N4O3. The predicted molar refractivity (Wildman–Crippen MR) is 91.7 cm³/mol. The second-order valence-electron chi connectivity index (χ2n) is 7.79. The lowest BCUT2D eigenvalue weighted by Crippen LogP contribution is -2.59. The maximum Gasteiger partial charge on any atom is 0.417 e. The van der Waals surface area contributed by atoms with E-state index in [9.17, 15) is 28.3 Å². The molecule has 4 atom stereocenters. The molecule has 1 saturated carbocycles. The molecule has 0 radical (unpaired) electrons. The first-order valence-corrected chi connectivity index (χ1v) is 9.05. The van der Waals surface area contributed by atoms with Gasteiger partial charge in [-0.3, -0.25) is 4.79 Å². The Morgan fingerprint density at radius 1 is 1.36 bits per heavy atom. The second kappa shape index (κ2) is 6.24. The van der Waals surface area contributed by atoms with E-state index < -0.39 is 35.4 Å². The first kappa shape index (κ1) is 18.8. The van der Waals surface area contributed by atoms with Crippen LogP contribution in [0.5, 0.6) is 0 Å². The van der Waals surface area contributed by atoms with Gasteiger partial charge in [0.25, 0.3) is 0 Å². The molecule has 0 bridgehead atoms. The number of nitrogens with zero attached hydrogens (tertiary/aromatic N) is 4. The van der Waals surface area contributed by atoms with Crippen LogP contribution in [0.2, 0.25) is 0 Å². The van der Waals surface area contributed by atoms with Crippen molar-refractivity contribution in [3.8, 4) is 6.07 Å². The summed E-state index contributed by atoms with van der Waals surface area (Å²) in [7, 11) is 0. The number of carbonyl (C=O) groups is 1. The molecule has 3 heterocycles. The minimum Gasteiger partial charge on any atom is -0.481 e. The molecule has 150 valence electrons. The number of aliphatic carboxylic acids is 1. The summed E-state index contributed by atoms with van der Waals surface area (Å²) in [5.74, 6) is -0.426. The van der Waals surface area contributed by atoms with Gasteiger partial charge in [0, 0.05) is 26.1 Å². The molecule has 7 nitrogen and oxygen atoms in total. The van der Waals surface area contributed by atoms with E-state index in [2.05, 4.69) is 4.98 Å². The molecule has 2 saturated heterocycles. The number of pyridine rings is 1. The van der Waals surface area contributed by atoms with E-state index in [1.807, 2.05) is 0 Å². The zero-order valence-corrected chi connectivity index (χ0v) is 15.0. The number of halogens is 3. The highest BCUT2D eigenvalue weighted by molar-refractivity contribution is 5.68. The van der Waals surface area contributed by atoms with Gasteiger partial charge in [0.15, 0.2) is 0 Å². The van der Waals surface area contributed by atoms with Crippen LogP contribution in [-0.4, -0.2) is 52.9 Å². The van der Waals surface area contributed by atoms with Gasteiger partial charge >= 0.3 is 12.1 Å². The number of fused-ring (bicyclic) bond motifs is 1. The van der Waals surface area contributed by atoms with E-state index in [-0.39, 0.29) is 42.4 Å². The fraction of sp³-hybridized carbons (Fsp3) is 0.611. The third kappa shape index (κ3) is 2.94. The van der Waals surface area contributed by atoms with Crippen molar-refractivity contribution in [3.63, 3.8) is 0 Å². The first-order valence-electron chi connectivity index (χ1n) is 9.05. The van der Waals surface area contributed by atoms with Crippen LogP contribution in [0.25, 0.3) is 0 Å². The number of piperidine rings is 1. The number of anilines is 2. The van der Waals surface area contributed by atoms with Crippen LogP contribution < -0.4 is 9.80 Å². The van der Waals surface area contributed by atoms with Crippen molar-refractivity contribution in [3.05, 3.63) is 17.2 Å². The monoisotopic (exact) mass is 396 g/mol. The van der Waals surface area contributed by atoms with E-state index in [1.54, 1.807) is 17.9 Å². The van der Waals surface area contributed by atoms with Gasteiger partial charge in [-0.1, -0.05) is 0 Å². The van der Waals surface area contributed by atoms with Crippen LogP contribution >= 0.6 is 0 Å². The van der Waals surface area contributed by atoms with Crippen molar-refractivity contribution in [2.24, 2.45) is 17.8 Å². The van der Waals surface area contributed by atoms with E-state index in [1.165, 1.54) is 4.90 Å². The number of alkyl halides is 3. The van der Waals surface area contributed by atoms with Crippen LogP contribution in [-0.2, 0) is 11.0 Å². The quantitative estimate of drug-likeness (QED) is 0.799. The molecule has 1 aromatic heterocycles. The number of carboxylic acid groups (broad SMARTS) is 1. The summed E-state index contributed by atoms with van der Waals surface area (Å²) in [4.78, 5) is 18.5. The van der Waals surface area contributed by atoms with E-state index in [0.29, 0.717) is 13.1 Å². The van der Waals surface area contributed by atoms with Crippen molar-refractivity contribution < 1.29 is 28.2 Å². The molecule has 4 rings (SSSR count). The summed E-state index contributed by atoms with van der Waals surface area (Å²) in [6.45, 7) is 2.70. The molecule has 2 N–H and O–H groups in total. The molecule has 1 aliphatic carbocycles. The Balaban J connectivity index is 1.66. The van der Waals surface area contributed by atoms with Gasteiger partial charge in [-0.05, 0) is 30.7 Å². The molecule has 2 unspecified atom stereocenters. The van der Waals surface area contributed by atoms with Crippen LogP contribution in [0.1, 0.15) is 24.5 Å². The smallest absolute Gasteiger partial charge is 0.417 e. The lowest BCUT2D eigenvalue weighted by molar-refractivity contribution is -0.138. The van der Waals surface area contributed by atoms with Crippen LogP contribution in [0.15, 0.2) is 6.07 Å². The van der Waals surface area contributed by atoms with Gasteiger partial charge in [0.2, 0.25) is 0 Å². The summed E-state index contributed by atoms with van der Waals surface area (Å²) >= 11 is 0. The van der Waals surface area contributed by atoms with Crippen molar-refractivity contribution in [2.45, 2.75) is 31.7 Å². The lowest BCUT2D eigenvalue weighted by atomic mass is 9.99. The number of aliphatic hydroxyl groups excluding tert-OH is 1. The van der Waals surface area contributed by atoms with Crippen molar-refractivity contribution in [2.75, 3.05) is 29.4 Å². The third-order valence-corrected chi connectivity index (χ3v) is 6.21. The predicted octanol–water partition coefficient (Wildman–Crippen LogP) is 1.70. The van der Waals surface area contributed by atoms with Gasteiger partial charge in [0.1, 0.15) is 23.3 Å². The Labute approximate surface area is 159 Å². The third-order valence-electron chi connectivity index (χ3n) is 6.21. The fourth-order valence-corrected chi connectivity index (χ4v) is 4.43. The van der Waals surface area contributed by atoms with Gasteiger partial charge < -0.3 is 20.0 Å². The van der Waals surface area contributed by atoms with E-state index >= 15 is 0 Å². The zero-order chi connectivity index (χ0) is 20.4. The molecule has 28 heavy (non-hydrogen) atoms. The maximum absolute atomic E-state index is 13.6. The summed E-state index contributed by atoms with van der Waals surface area (Å²) < 4.78 is 40.8. The van der Waals surface area contributed by atoms with Crippen LogP contribution in [0.3, 0.4) is 0 Å². The molecule has 3 aliphatic rings. The van der Waals surface area contributed by atoms with Crippen LogP contribution in [0.4, 0.5) is 24.8 Å². The number of hydrogen-bond donors (Lipinski definition) is 2. The van der Waals surface area contributed by atoms with Crippen molar-refractivity contribution in [1.82, 2.24) is 4.98 Å². The Hall–Kier alpha value is -2.54. The number of nitriles is 1. The highest BCUT2D eigenvalue weighted by atomic mass is 19.4. The number of aromatic nitrogens is 1. The average Bonchev–Trinajstić information content (AvgIpc) is 3.05. The summed E-state index contributed by atoms with van der Waals surface area (Å²) in [5.41, 5.74) is -1.57. The minimum absolute atomic E-state index is 0.0622. The summed E-state index contributed by atoms with van der Waals surface area (Å²) in [6.07, 6.45) is -5.31. The second-order valence-corrected chi connectivity index (χ2v) is 7.79. The number of rotatable bonds is 4. The zero-order valence-electron chi connectivity index (χ0n) is 15.0. The molecule has 2 aliphatic heterocycles. The van der Waals surface area contributed by atoms with Gasteiger partial charge in [-0.15, -0.1) is 0 Å². The average molecular weight is 396 g/mol. The molecule has 0 spiro atoms. The van der Waals surface area contributed by atoms with Crippen molar-refractivity contribution >= 4 is 17.6 Å². The SMILES string of the molecule is C[C@H]1[C@H](O)CN1c1nc(N2CC3C(CC(=O)O)C3C2)cc(C(F)(F)F)c1C#N. The Morgan fingerprint density at radius 2 is 2.00 bits per heavy atom. The van der Waals surface area contributed by atoms with E-state index in [0.717, 1.165) is 6.07 Å². The van der Waals surface area contributed by atoms with Crippen molar-refractivity contribution in [1.29, 1.82) is 5.26 Å². The Kier molecular flexibility index (Phi) is 4.19. The Morgan fingerprint density at radius 3 is 2.46 bits per heavy atom. The van der Waals surface area contributed by atoms with Gasteiger partial charge in [-0.25, -0.2) is 4.98 Å². The van der Waals surface area contributed by atoms with Gasteiger partial charge in [0.05, 0.1) is 17.7 Å². The molecule has 1 aromatic rings. The largest absolute Gasteiger partial charge is 0.481 e. The molecule has 0 amide bonds.